The molecule has 148 valence electrons. The van der Waals surface area contributed by atoms with Crippen LogP contribution in [0, 0.1) is 0 Å². The molecule has 0 saturated heterocycles. The van der Waals surface area contributed by atoms with E-state index in [9.17, 15) is 18.0 Å². The van der Waals surface area contributed by atoms with Gasteiger partial charge in [0.25, 0.3) is 5.91 Å². The lowest BCUT2D eigenvalue weighted by Crippen LogP contribution is -2.26. The van der Waals surface area contributed by atoms with E-state index >= 15 is 0 Å². The van der Waals surface area contributed by atoms with Crippen LogP contribution in [-0.2, 0) is 11.0 Å². The van der Waals surface area contributed by atoms with Gasteiger partial charge in [-0.2, -0.15) is 18.3 Å². The van der Waals surface area contributed by atoms with Gasteiger partial charge < -0.3 is 5.32 Å². The van der Waals surface area contributed by atoms with Gasteiger partial charge in [-0.3, -0.25) is 4.79 Å². The van der Waals surface area contributed by atoms with Crippen molar-refractivity contribution in [3.8, 4) is 11.1 Å². The number of carbonyl (C=O) groups excluding carboxylic acids is 1. The van der Waals surface area contributed by atoms with E-state index in [0.717, 1.165) is 28.8 Å². The maximum Gasteiger partial charge on any atom is 0.416 e. The molecule has 2 N–H and O–H groups in total. The zero-order valence-electron chi connectivity index (χ0n) is 15.3. The average molecular weight is 397 g/mol. The van der Waals surface area contributed by atoms with Crippen LogP contribution in [0.5, 0.6) is 0 Å². The molecule has 0 saturated carbocycles. The Bertz CT molecular complexity index is 984. The fourth-order valence-electron chi connectivity index (χ4n) is 2.60. The third-order valence-corrected chi connectivity index (χ3v) is 4.06. The van der Waals surface area contributed by atoms with Gasteiger partial charge in [-0.1, -0.05) is 60.7 Å². The summed E-state index contributed by atoms with van der Waals surface area (Å²) >= 11 is 0. The highest BCUT2D eigenvalue weighted by Gasteiger charge is 2.30. The van der Waals surface area contributed by atoms with Crippen LogP contribution in [0.4, 0.5) is 18.9 Å². The van der Waals surface area contributed by atoms with Crippen molar-refractivity contribution >= 4 is 17.8 Å². The van der Waals surface area contributed by atoms with Gasteiger partial charge in [-0.05, 0) is 34.9 Å². The molecule has 0 fully saturated rings. The Morgan fingerprint density at radius 1 is 0.897 bits per heavy atom. The molecule has 0 heterocycles. The van der Waals surface area contributed by atoms with Crippen molar-refractivity contribution < 1.29 is 18.0 Å². The third-order valence-electron chi connectivity index (χ3n) is 4.06. The van der Waals surface area contributed by atoms with Crippen LogP contribution < -0.4 is 10.7 Å². The summed E-state index contributed by atoms with van der Waals surface area (Å²) in [6.45, 7) is -0.203. The predicted molar refractivity (Wildman–Crippen MR) is 108 cm³/mol. The quantitative estimate of drug-likeness (QED) is 0.458. The molecule has 1 amide bonds. The van der Waals surface area contributed by atoms with Crippen molar-refractivity contribution in [1.29, 1.82) is 0 Å². The SMILES string of the molecule is O=C(CNc1cccc(C(F)(F)F)c1)NN=Cc1ccc(-c2ccccc2)cc1. The number of rotatable bonds is 6. The largest absolute Gasteiger partial charge is 0.416 e. The highest BCUT2D eigenvalue weighted by Crippen LogP contribution is 2.30. The first kappa shape index (κ1) is 20.1. The average Bonchev–Trinajstić information content (AvgIpc) is 2.73. The number of alkyl halides is 3. The molecule has 0 atom stereocenters. The van der Waals surface area contributed by atoms with Crippen molar-refractivity contribution in [2.45, 2.75) is 6.18 Å². The highest BCUT2D eigenvalue weighted by molar-refractivity contribution is 5.84. The highest BCUT2D eigenvalue weighted by atomic mass is 19.4. The maximum atomic E-state index is 12.7. The summed E-state index contributed by atoms with van der Waals surface area (Å²) in [5, 5.41) is 6.51. The van der Waals surface area contributed by atoms with Crippen molar-refractivity contribution in [2.24, 2.45) is 5.10 Å². The molecule has 29 heavy (non-hydrogen) atoms. The second-order valence-electron chi connectivity index (χ2n) is 6.21. The van der Waals surface area contributed by atoms with Gasteiger partial charge in [0.05, 0.1) is 18.3 Å². The zero-order chi connectivity index (χ0) is 20.7. The van der Waals surface area contributed by atoms with E-state index in [1.54, 1.807) is 0 Å². The molecule has 4 nitrogen and oxygen atoms in total. The first-order chi connectivity index (χ1) is 13.9. The fraction of sp³-hybridized carbons (Fsp3) is 0.0909. The molecule has 7 heteroatoms. The number of anilines is 1. The first-order valence-corrected chi connectivity index (χ1v) is 8.80. The summed E-state index contributed by atoms with van der Waals surface area (Å²) in [5.74, 6) is -0.473. The van der Waals surface area contributed by atoms with E-state index in [2.05, 4.69) is 15.8 Å². The van der Waals surface area contributed by atoms with Crippen molar-refractivity contribution in [3.05, 3.63) is 90.0 Å². The number of amides is 1. The Labute approximate surface area is 166 Å². The van der Waals surface area contributed by atoms with Gasteiger partial charge in [-0.15, -0.1) is 0 Å². The van der Waals surface area contributed by atoms with E-state index in [4.69, 9.17) is 0 Å². The summed E-state index contributed by atoms with van der Waals surface area (Å²) in [6, 6.07) is 22.2. The summed E-state index contributed by atoms with van der Waals surface area (Å²) < 4.78 is 38.1. The lowest BCUT2D eigenvalue weighted by atomic mass is 10.0. The van der Waals surface area contributed by atoms with E-state index < -0.39 is 17.6 Å². The van der Waals surface area contributed by atoms with Crippen LogP contribution in [0.25, 0.3) is 11.1 Å². The van der Waals surface area contributed by atoms with Gasteiger partial charge in [0.15, 0.2) is 0 Å². The van der Waals surface area contributed by atoms with Gasteiger partial charge in [0, 0.05) is 5.69 Å². The normalized spacial score (nSPS) is 11.4. The van der Waals surface area contributed by atoms with Crippen LogP contribution in [0.1, 0.15) is 11.1 Å². The molecule has 0 aliphatic carbocycles. The lowest BCUT2D eigenvalue weighted by Gasteiger charge is -2.10. The Kier molecular flexibility index (Phi) is 6.29. The monoisotopic (exact) mass is 397 g/mol. The van der Waals surface area contributed by atoms with Crippen LogP contribution in [-0.4, -0.2) is 18.7 Å². The molecule has 3 rings (SSSR count). The minimum absolute atomic E-state index is 0.203. The molecule has 0 aliphatic rings. The van der Waals surface area contributed by atoms with E-state index in [1.807, 2.05) is 54.6 Å². The van der Waals surface area contributed by atoms with Crippen LogP contribution in [0.2, 0.25) is 0 Å². The second-order valence-corrected chi connectivity index (χ2v) is 6.21. The summed E-state index contributed by atoms with van der Waals surface area (Å²) in [7, 11) is 0. The molecule has 3 aromatic carbocycles. The van der Waals surface area contributed by atoms with Crippen LogP contribution in [0.15, 0.2) is 84.0 Å². The molecule has 3 aromatic rings. The van der Waals surface area contributed by atoms with Gasteiger partial charge >= 0.3 is 6.18 Å². The molecular weight excluding hydrogens is 379 g/mol. The number of carbonyl (C=O) groups is 1. The fourth-order valence-corrected chi connectivity index (χ4v) is 2.60. The Morgan fingerprint density at radius 3 is 2.28 bits per heavy atom. The Balaban J connectivity index is 1.50. The summed E-state index contributed by atoms with van der Waals surface area (Å²) in [4.78, 5) is 11.8. The molecule has 0 aromatic heterocycles. The standard InChI is InChI=1S/C22H18F3N3O/c23-22(24,25)19-7-4-8-20(13-19)26-15-21(29)28-27-14-16-9-11-18(12-10-16)17-5-2-1-3-6-17/h1-14,26H,15H2,(H,28,29). The molecule has 0 radical (unpaired) electrons. The number of benzene rings is 3. The van der Waals surface area contributed by atoms with Crippen molar-refractivity contribution in [1.82, 2.24) is 5.43 Å². The Morgan fingerprint density at radius 2 is 1.59 bits per heavy atom. The lowest BCUT2D eigenvalue weighted by molar-refractivity contribution is -0.137. The van der Waals surface area contributed by atoms with E-state index in [-0.39, 0.29) is 12.2 Å². The predicted octanol–water partition coefficient (Wildman–Crippen LogP) is 4.93. The summed E-state index contributed by atoms with van der Waals surface area (Å²) in [6.07, 6.45) is -2.93. The first-order valence-electron chi connectivity index (χ1n) is 8.80. The topological polar surface area (TPSA) is 53.5 Å². The van der Waals surface area contributed by atoms with Crippen molar-refractivity contribution in [3.63, 3.8) is 0 Å². The minimum Gasteiger partial charge on any atom is -0.376 e. The van der Waals surface area contributed by atoms with Crippen LogP contribution >= 0.6 is 0 Å². The Hall–Kier alpha value is -3.61. The van der Waals surface area contributed by atoms with E-state index in [0.29, 0.717) is 0 Å². The van der Waals surface area contributed by atoms with Crippen LogP contribution in [0.3, 0.4) is 0 Å². The smallest absolute Gasteiger partial charge is 0.376 e. The number of nitrogens with zero attached hydrogens (tertiary/aromatic N) is 1. The number of nitrogens with one attached hydrogen (secondary N) is 2. The third kappa shape index (κ3) is 5.93. The summed E-state index contributed by atoms with van der Waals surface area (Å²) in [5.41, 5.74) is 4.73. The van der Waals surface area contributed by atoms with Gasteiger partial charge in [-0.25, -0.2) is 5.43 Å². The molecule has 0 unspecified atom stereocenters. The zero-order valence-corrected chi connectivity index (χ0v) is 15.3. The number of hydrogen-bond donors (Lipinski definition) is 2. The minimum atomic E-state index is -4.43. The molecular formula is C22H18F3N3O. The van der Waals surface area contributed by atoms with Crippen molar-refractivity contribution in [2.75, 3.05) is 11.9 Å². The molecule has 0 spiro atoms. The number of halogens is 3. The van der Waals surface area contributed by atoms with Gasteiger partial charge in [0.2, 0.25) is 0 Å². The second kappa shape index (κ2) is 9.05. The molecule has 0 aliphatic heterocycles. The molecule has 0 bridgehead atoms. The number of hydrogen-bond acceptors (Lipinski definition) is 3. The number of hydrazone groups is 1. The maximum absolute atomic E-state index is 12.7. The van der Waals surface area contributed by atoms with Gasteiger partial charge in [0.1, 0.15) is 0 Å². The van der Waals surface area contributed by atoms with E-state index in [1.165, 1.54) is 18.3 Å².